The van der Waals surface area contributed by atoms with E-state index in [4.69, 9.17) is 4.42 Å². The Morgan fingerprint density at radius 1 is 0.900 bits per heavy atom. The van der Waals surface area contributed by atoms with Crippen molar-refractivity contribution in [3.05, 3.63) is 89.6 Å². The van der Waals surface area contributed by atoms with Gasteiger partial charge in [-0.3, -0.25) is 0 Å². The third-order valence-electron chi connectivity index (χ3n) is 5.73. The van der Waals surface area contributed by atoms with Gasteiger partial charge in [-0.2, -0.15) is 5.26 Å². The molecule has 0 fully saturated rings. The molecule has 0 radical (unpaired) electrons. The quantitative estimate of drug-likeness (QED) is 0.336. The Hall–Kier alpha value is -3.90. The van der Waals surface area contributed by atoms with E-state index in [1.807, 2.05) is 30.3 Å². The molecule has 0 spiro atoms. The Morgan fingerprint density at radius 3 is 2.43 bits per heavy atom. The molecule has 0 N–H and O–H groups in total. The van der Waals surface area contributed by atoms with Crippen LogP contribution in [0.4, 0.5) is 0 Å². The number of fused-ring (bicyclic) bond motifs is 3. The molecule has 0 aliphatic carbocycles. The van der Waals surface area contributed by atoms with E-state index in [0.29, 0.717) is 5.56 Å². The topological polar surface area (TPSA) is 40.8 Å². The molecule has 144 valence electrons. The summed E-state index contributed by atoms with van der Waals surface area (Å²) in [6.45, 7) is 4.20. The van der Waals surface area contributed by atoms with Crippen molar-refractivity contribution in [3.63, 3.8) is 0 Å². The van der Waals surface area contributed by atoms with Gasteiger partial charge in [0.2, 0.25) is 5.69 Å². The maximum atomic E-state index is 9.74. The Labute approximate surface area is 175 Å². The highest BCUT2D eigenvalue weighted by molar-refractivity contribution is 6.13. The van der Waals surface area contributed by atoms with Gasteiger partial charge >= 0.3 is 0 Å². The van der Waals surface area contributed by atoms with Crippen molar-refractivity contribution in [2.45, 2.75) is 13.8 Å². The predicted octanol–water partition coefficient (Wildman–Crippen LogP) is 6.23. The molecule has 0 unspecified atom stereocenters. The van der Waals surface area contributed by atoms with E-state index in [2.05, 4.69) is 74.1 Å². The summed E-state index contributed by atoms with van der Waals surface area (Å²) in [6.07, 6.45) is 2.12. The highest BCUT2D eigenvalue weighted by Crippen LogP contribution is 2.39. The molecule has 0 saturated heterocycles. The largest absolute Gasteiger partial charge is 0.455 e. The molecule has 5 rings (SSSR count). The van der Waals surface area contributed by atoms with Crippen LogP contribution in [-0.2, 0) is 7.05 Å². The number of rotatable bonds is 2. The van der Waals surface area contributed by atoms with Crippen molar-refractivity contribution in [1.82, 2.24) is 0 Å². The monoisotopic (exact) mass is 389 g/mol. The maximum absolute atomic E-state index is 9.74. The molecule has 30 heavy (non-hydrogen) atoms. The molecule has 0 aliphatic heterocycles. The number of nitrogens with zero attached hydrogens (tertiary/aromatic N) is 2. The van der Waals surface area contributed by atoms with Crippen molar-refractivity contribution in [1.29, 1.82) is 5.26 Å². The van der Waals surface area contributed by atoms with Gasteiger partial charge in [0, 0.05) is 28.0 Å². The van der Waals surface area contributed by atoms with E-state index < -0.39 is 0 Å². The highest BCUT2D eigenvalue weighted by Gasteiger charge is 2.20. The van der Waals surface area contributed by atoms with Gasteiger partial charge in [-0.15, -0.1) is 0 Å². The minimum atomic E-state index is 0.636. The van der Waals surface area contributed by atoms with Crippen molar-refractivity contribution < 1.29 is 8.98 Å². The molecule has 2 heterocycles. The van der Waals surface area contributed by atoms with Crippen LogP contribution in [0, 0.1) is 25.2 Å². The highest BCUT2D eigenvalue weighted by atomic mass is 16.3. The summed E-state index contributed by atoms with van der Waals surface area (Å²) in [4.78, 5) is 0. The smallest absolute Gasteiger partial charge is 0.212 e. The lowest BCUT2D eigenvalue weighted by Crippen LogP contribution is -2.31. The lowest BCUT2D eigenvalue weighted by atomic mass is 9.97. The maximum Gasteiger partial charge on any atom is 0.212 e. The van der Waals surface area contributed by atoms with Crippen molar-refractivity contribution in [2.24, 2.45) is 7.05 Å². The average Bonchev–Trinajstić information content (AvgIpc) is 3.12. The fourth-order valence-electron chi connectivity index (χ4n) is 4.27. The summed E-state index contributed by atoms with van der Waals surface area (Å²) in [6, 6.07) is 24.9. The van der Waals surface area contributed by atoms with Gasteiger partial charge in [-0.25, -0.2) is 4.57 Å². The first-order valence-corrected chi connectivity index (χ1v) is 9.99. The summed E-state index contributed by atoms with van der Waals surface area (Å²) < 4.78 is 8.54. The van der Waals surface area contributed by atoms with Gasteiger partial charge in [0.25, 0.3) is 0 Å². The predicted molar refractivity (Wildman–Crippen MR) is 120 cm³/mol. The zero-order valence-corrected chi connectivity index (χ0v) is 17.2. The standard InChI is InChI=1S/C27H21N2O/c1-17-9-12-24(29(3)16-17)22-14-25-23(13-18(22)2)26-20(15-28)10-11-21(27(26)30-25)19-7-5-4-6-8-19/h4-14,16H,1-3H3/q+1. The van der Waals surface area contributed by atoms with Crippen LogP contribution in [0.1, 0.15) is 16.7 Å². The molecule has 0 atom stereocenters. The van der Waals surface area contributed by atoms with Crippen molar-refractivity contribution in [3.8, 4) is 28.5 Å². The fourth-order valence-corrected chi connectivity index (χ4v) is 4.27. The van der Waals surface area contributed by atoms with Crippen LogP contribution < -0.4 is 4.57 Å². The normalized spacial score (nSPS) is 11.1. The molecule has 0 bridgehead atoms. The van der Waals surface area contributed by atoms with Crippen molar-refractivity contribution in [2.75, 3.05) is 0 Å². The Bertz CT molecular complexity index is 1470. The van der Waals surface area contributed by atoms with Crippen LogP contribution in [0.2, 0.25) is 0 Å². The Balaban J connectivity index is 1.84. The summed E-state index contributed by atoms with van der Waals surface area (Å²) in [7, 11) is 2.06. The molecule has 2 aromatic heterocycles. The van der Waals surface area contributed by atoms with E-state index in [0.717, 1.165) is 49.9 Å². The Morgan fingerprint density at radius 2 is 1.70 bits per heavy atom. The lowest BCUT2D eigenvalue weighted by molar-refractivity contribution is -0.660. The SMILES string of the molecule is Cc1ccc(-c2cc3oc4c(-c5ccccc5)ccc(C#N)c4c3cc2C)[n+](C)c1. The number of aryl methyl sites for hydroxylation is 3. The molecular formula is C27H21N2O+. The van der Waals surface area contributed by atoms with Crippen LogP contribution in [0.5, 0.6) is 0 Å². The zero-order chi connectivity index (χ0) is 20.8. The lowest BCUT2D eigenvalue weighted by Gasteiger charge is -2.05. The van der Waals surface area contributed by atoms with E-state index in [1.54, 1.807) is 0 Å². The van der Waals surface area contributed by atoms with Gasteiger partial charge in [0.1, 0.15) is 18.2 Å². The van der Waals surface area contributed by atoms with Crippen LogP contribution in [0.15, 0.2) is 77.3 Å². The summed E-state index contributed by atoms with van der Waals surface area (Å²) >= 11 is 0. The van der Waals surface area contributed by atoms with E-state index >= 15 is 0 Å². The molecule has 0 saturated carbocycles. The minimum Gasteiger partial charge on any atom is -0.455 e. The molecule has 0 aliphatic rings. The van der Waals surface area contributed by atoms with Gasteiger partial charge < -0.3 is 4.42 Å². The number of furan rings is 1. The second-order valence-corrected chi connectivity index (χ2v) is 7.81. The van der Waals surface area contributed by atoms with Gasteiger partial charge in [0.15, 0.2) is 6.20 Å². The molecule has 3 aromatic carbocycles. The first kappa shape index (κ1) is 18.1. The summed E-state index contributed by atoms with van der Waals surface area (Å²) in [5, 5.41) is 11.6. The number of aromatic nitrogens is 1. The summed E-state index contributed by atoms with van der Waals surface area (Å²) in [5.74, 6) is 0. The third kappa shape index (κ3) is 2.77. The minimum absolute atomic E-state index is 0.636. The molecule has 0 amide bonds. The first-order chi connectivity index (χ1) is 14.6. The number of pyridine rings is 1. The van der Waals surface area contributed by atoms with Crippen LogP contribution in [0.3, 0.4) is 0 Å². The first-order valence-electron chi connectivity index (χ1n) is 9.99. The molecule has 3 nitrogen and oxygen atoms in total. The summed E-state index contributed by atoms with van der Waals surface area (Å²) in [5.41, 5.74) is 8.90. The Kier molecular flexibility index (Phi) is 4.15. The van der Waals surface area contributed by atoms with Crippen LogP contribution in [-0.4, -0.2) is 0 Å². The third-order valence-corrected chi connectivity index (χ3v) is 5.73. The second kappa shape index (κ2) is 6.86. The van der Waals surface area contributed by atoms with Gasteiger partial charge in [-0.05, 0) is 55.3 Å². The van der Waals surface area contributed by atoms with E-state index in [1.165, 1.54) is 5.56 Å². The average molecular weight is 389 g/mol. The fraction of sp³-hybridized carbons (Fsp3) is 0.111. The molecule has 5 aromatic rings. The van der Waals surface area contributed by atoms with Crippen LogP contribution in [0.25, 0.3) is 44.3 Å². The second-order valence-electron chi connectivity index (χ2n) is 7.81. The number of nitriles is 1. The number of benzene rings is 3. The van der Waals surface area contributed by atoms with E-state index in [9.17, 15) is 5.26 Å². The van der Waals surface area contributed by atoms with Gasteiger partial charge in [-0.1, -0.05) is 30.3 Å². The van der Waals surface area contributed by atoms with Crippen molar-refractivity contribution >= 4 is 21.9 Å². The van der Waals surface area contributed by atoms with E-state index in [-0.39, 0.29) is 0 Å². The molecule has 3 heteroatoms. The van der Waals surface area contributed by atoms with Crippen LogP contribution >= 0.6 is 0 Å². The number of hydrogen-bond acceptors (Lipinski definition) is 2. The van der Waals surface area contributed by atoms with Gasteiger partial charge in [0.05, 0.1) is 17.2 Å². The zero-order valence-electron chi connectivity index (χ0n) is 17.2. The number of hydrogen-bond donors (Lipinski definition) is 0. The molecular weight excluding hydrogens is 368 g/mol.